The number of ether oxygens (including phenoxy) is 2. The normalized spacial score (nSPS) is 14.1. The molecule has 2 aromatic carbocycles. The van der Waals surface area contributed by atoms with Gasteiger partial charge in [0.25, 0.3) is 5.91 Å². The second-order valence-electron chi connectivity index (χ2n) is 7.73. The van der Waals surface area contributed by atoms with E-state index in [1.807, 2.05) is 13.0 Å². The lowest BCUT2D eigenvalue weighted by Gasteiger charge is -2.31. The van der Waals surface area contributed by atoms with E-state index in [1.165, 1.54) is 0 Å². The maximum Gasteiger partial charge on any atom is 0.268 e. The Morgan fingerprint density at radius 2 is 1.97 bits per heavy atom. The van der Waals surface area contributed by atoms with Gasteiger partial charge in [0.2, 0.25) is 5.95 Å². The van der Waals surface area contributed by atoms with Crippen LogP contribution < -0.4 is 25.4 Å². The van der Waals surface area contributed by atoms with E-state index >= 15 is 0 Å². The van der Waals surface area contributed by atoms with E-state index in [0.717, 1.165) is 11.8 Å². The zero-order chi connectivity index (χ0) is 23.0. The third-order valence-corrected chi connectivity index (χ3v) is 5.12. The molecule has 10 heteroatoms. The average Bonchev–Trinajstić information content (AvgIpc) is 2.71. The number of aryl methyl sites for hydroxylation is 1. The first kappa shape index (κ1) is 21.6. The molecule has 1 aromatic heterocycles. The molecule has 1 aliphatic rings. The van der Waals surface area contributed by atoms with Crippen LogP contribution in [0.1, 0.15) is 19.4 Å². The summed E-state index contributed by atoms with van der Waals surface area (Å²) in [5.41, 5.74) is 1.48. The zero-order valence-electron chi connectivity index (χ0n) is 17.8. The highest BCUT2D eigenvalue weighted by Gasteiger charge is 2.35. The summed E-state index contributed by atoms with van der Waals surface area (Å²) in [7, 11) is 1.54. The zero-order valence-corrected chi connectivity index (χ0v) is 18.6. The van der Waals surface area contributed by atoms with Crippen molar-refractivity contribution in [3.63, 3.8) is 0 Å². The van der Waals surface area contributed by atoms with Crippen LogP contribution in [0, 0.1) is 12.7 Å². The SMILES string of the molecule is COc1c(C)cc(Nc2ncc(F)c(Nc3ccc4c(c3)NC(=O)C(C)(C)O4)n2)cc1Cl. The van der Waals surface area contributed by atoms with Gasteiger partial charge in [0.05, 0.1) is 24.0 Å². The molecule has 3 N–H and O–H groups in total. The van der Waals surface area contributed by atoms with Gasteiger partial charge in [0, 0.05) is 11.4 Å². The maximum atomic E-state index is 14.4. The molecule has 0 aliphatic carbocycles. The summed E-state index contributed by atoms with van der Waals surface area (Å²) in [5, 5.41) is 9.13. The fourth-order valence-corrected chi connectivity index (χ4v) is 3.57. The van der Waals surface area contributed by atoms with Crippen molar-refractivity contribution in [3.05, 3.63) is 52.9 Å². The molecule has 4 rings (SSSR count). The monoisotopic (exact) mass is 457 g/mol. The number of carbonyl (C=O) groups is 1. The first-order chi connectivity index (χ1) is 15.2. The number of nitrogens with zero attached hydrogens (tertiary/aromatic N) is 2. The number of fused-ring (bicyclic) bond motifs is 1. The molecule has 32 heavy (non-hydrogen) atoms. The Morgan fingerprint density at radius 3 is 2.69 bits per heavy atom. The Hall–Kier alpha value is -3.59. The average molecular weight is 458 g/mol. The molecule has 0 atom stereocenters. The number of anilines is 5. The van der Waals surface area contributed by atoms with Crippen LogP contribution in [0.25, 0.3) is 0 Å². The predicted octanol–water partition coefficient (Wildman–Crippen LogP) is 5.18. The number of benzene rings is 2. The summed E-state index contributed by atoms with van der Waals surface area (Å²) in [4.78, 5) is 20.3. The fraction of sp³-hybridized carbons (Fsp3) is 0.227. The Balaban J connectivity index is 1.57. The van der Waals surface area contributed by atoms with Gasteiger partial charge < -0.3 is 25.4 Å². The quantitative estimate of drug-likeness (QED) is 0.485. The summed E-state index contributed by atoms with van der Waals surface area (Å²) in [6, 6.07) is 8.52. The summed E-state index contributed by atoms with van der Waals surface area (Å²) in [6.45, 7) is 5.22. The van der Waals surface area contributed by atoms with Crippen molar-refractivity contribution < 1.29 is 18.7 Å². The van der Waals surface area contributed by atoms with Crippen molar-refractivity contribution in [2.75, 3.05) is 23.1 Å². The second kappa shape index (κ2) is 8.16. The number of aromatic nitrogens is 2. The lowest BCUT2D eigenvalue weighted by Crippen LogP contribution is -2.45. The van der Waals surface area contributed by atoms with Gasteiger partial charge >= 0.3 is 0 Å². The number of hydrogen-bond acceptors (Lipinski definition) is 7. The van der Waals surface area contributed by atoms with Crippen LogP contribution in [0.2, 0.25) is 5.02 Å². The van der Waals surface area contributed by atoms with E-state index in [1.54, 1.807) is 45.2 Å². The highest BCUT2D eigenvalue weighted by atomic mass is 35.5. The third kappa shape index (κ3) is 4.24. The van der Waals surface area contributed by atoms with Crippen molar-refractivity contribution in [3.8, 4) is 11.5 Å². The number of hydrogen-bond donors (Lipinski definition) is 3. The molecule has 1 amide bonds. The number of amides is 1. The Bertz CT molecular complexity index is 1200. The van der Waals surface area contributed by atoms with Crippen LogP contribution in [0.15, 0.2) is 36.5 Å². The first-order valence-electron chi connectivity index (χ1n) is 9.71. The maximum absolute atomic E-state index is 14.4. The summed E-state index contributed by atoms with van der Waals surface area (Å²) in [6.07, 6.45) is 1.06. The number of carbonyl (C=O) groups excluding carboxylic acids is 1. The number of rotatable bonds is 5. The van der Waals surface area contributed by atoms with Crippen molar-refractivity contribution in [2.45, 2.75) is 26.4 Å². The van der Waals surface area contributed by atoms with E-state index in [4.69, 9.17) is 21.1 Å². The second-order valence-corrected chi connectivity index (χ2v) is 8.13. The minimum absolute atomic E-state index is 0.0397. The molecular weight excluding hydrogens is 437 g/mol. The molecule has 1 aliphatic heterocycles. The molecule has 0 saturated carbocycles. The molecule has 0 spiro atoms. The van der Waals surface area contributed by atoms with E-state index in [0.29, 0.717) is 33.6 Å². The minimum atomic E-state index is -0.968. The highest BCUT2D eigenvalue weighted by molar-refractivity contribution is 6.32. The van der Waals surface area contributed by atoms with Gasteiger partial charge in [-0.25, -0.2) is 9.37 Å². The van der Waals surface area contributed by atoms with E-state index in [2.05, 4.69) is 25.9 Å². The smallest absolute Gasteiger partial charge is 0.268 e. The van der Waals surface area contributed by atoms with E-state index < -0.39 is 11.4 Å². The van der Waals surface area contributed by atoms with Gasteiger partial charge in [-0.1, -0.05) is 11.6 Å². The topological polar surface area (TPSA) is 97.4 Å². The highest BCUT2D eigenvalue weighted by Crippen LogP contribution is 2.36. The molecule has 8 nitrogen and oxygen atoms in total. The molecule has 0 radical (unpaired) electrons. The van der Waals surface area contributed by atoms with Crippen molar-refractivity contribution in [1.29, 1.82) is 0 Å². The fourth-order valence-electron chi connectivity index (χ4n) is 3.23. The lowest BCUT2D eigenvalue weighted by molar-refractivity contribution is -0.129. The molecule has 0 bridgehead atoms. The van der Waals surface area contributed by atoms with Gasteiger partial charge in [-0.15, -0.1) is 0 Å². The van der Waals surface area contributed by atoms with Gasteiger partial charge in [0.15, 0.2) is 17.2 Å². The molecule has 3 aromatic rings. The van der Waals surface area contributed by atoms with Gasteiger partial charge in [-0.2, -0.15) is 4.98 Å². The van der Waals surface area contributed by atoms with Crippen LogP contribution in [-0.4, -0.2) is 28.6 Å². The van der Waals surface area contributed by atoms with Crippen molar-refractivity contribution in [2.24, 2.45) is 0 Å². The summed E-state index contributed by atoms with van der Waals surface area (Å²) in [5.74, 6) is 0.325. The van der Waals surface area contributed by atoms with Crippen LogP contribution in [0.4, 0.5) is 33.2 Å². The summed E-state index contributed by atoms with van der Waals surface area (Å²) < 4.78 is 25.3. The van der Waals surface area contributed by atoms with Gasteiger partial charge in [0.1, 0.15) is 11.5 Å². The van der Waals surface area contributed by atoms with Crippen LogP contribution in [-0.2, 0) is 4.79 Å². The summed E-state index contributed by atoms with van der Waals surface area (Å²) >= 11 is 6.23. The van der Waals surface area contributed by atoms with Crippen LogP contribution in [0.5, 0.6) is 11.5 Å². The molecule has 0 saturated heterocycles. The van der Waals surface area contributed by atoms with Gasteiger partial charge in [-0.05, 0) is 56.7 Å². The van der Waals surface area contributed by atoms with Crippen LogP contribution >= 0.6 is 11.6 Å². The van der Waals surface area contributed by atoms with E-state index in [9.17, 15) is 9.18 Å². The molecular formula is C22H21ClFN5O3. The molecule has 0 unspecified atom stereocenters. The van der Waals surface area contributed by atoms with Crippen molar-refractivity contribution in [1.82, 2.24) is 9.97 Å². The predicted molar refractivity (Wildman–Crippen MR) is 121 cm³/mol. The number of methoxy groups -OCH3 is 1. The minimum Gasteiger partial charge on any atom is -0.495 e. The third-order valence-electron chi connectivity index (χ3n) is 4.84. The molecule has 0 fully saturated rings. The Kier molecular flexibility index (Phi) is 5.52. The van der Waals surface area contributed by atoms with Crippen LogP contribution in [0.3, 0.4) is 0 Å². The van der Waals surface area contributed by atoms with E-state index in [-0.39, 0.29) is 17.7 Å². The Morgan fingerprint density at radius 1 is 1.19 bits per heavy atom. The number of nitrogens with one attached hydrogen (secondary N) is 3. The van der Waals surface area contributed by atoms with Crippen molar-refractivity contribution >= 4 is 46.3 Å². The van der Waals surface area contributed by atoms with Gasteiger partial charge in [-0.3, -0.25) is 4.79 Å². The standard InChI is InChI=1S/C22H21ClFN5O3/c1-11-7-13(8-14(23)18(11)31-4)27-21-25-10-15(24)19(29-21)26-12-5-6-17-16(9-12)28-20(30)22(2,3)32-17/h5-10H,1-4H3,(H,28,30)(H2,25,26,27,29). The largest absolute Gasteiger partial charge is 0.495 e. The Labute approximate surface area is 189 Å². The first-order valence-corrected chi connectivity index (χ1v) is 10.1. The molecule has 166 valence electrons. The molecule has 2 heterocycles. The lowest BCUT2D eigenvalue weighted by atomic mass is 10.1. The number of halogens is 2.